The Kier molecular flexibility index (Phi) is 5.38. The van der Waals surface area contributed by atoms with Gasteiger partial charge in [-0.15, -0.1) is 0 Å². The molecule has 0 N–H and O–H groups in total. The molecule has 0 bridgehead atoms. The van der Waals surface area contributed by atoms with E-state index in [-0.39, 0.29) is 18.7 Å². The molecule has 0 aromatic heterocycles. The van der Waals surface area contributed by atoms with Crippen LogP contribution in [0.5, 0.6) is 0 Å². The smallest absolute Gasteiger partial charge is 0.177 e. The predicted molar refractivity (Wildman–Crippen MR) is 68.1 cm³/mol. The first-order chi connectivity index (χ1) is 8.83. The first kappa shape index (κ1) is 13.7. The average Bonchev–Trinajstić information content (AvgIpc) is 3.04. The van der Waals surface area contributed by atoms with Gasteiger partial charge in [0.1, 0.15) is 6.10 Å². The zero-order chi connectivity index (χ0) is 12.8. The van der Waals surface area contributed by atoms with E-state index in [1.807, 2.05) is 12.2 Å². The van der Waals surface area contributed by atoms with Crippen molar-refractivity contribution >= 4 is 0 Å². The highest BCUT2D eigenvalue weighted by atomic mass is 16.7. The summed E-state index contributed by atoms with van der Waals surface area (Å²) in [5.41, 5.74) is 1.19. The highest BCUT2D eigenvalue weighted by Gasteiger charge is 2.27. The summed E-state index contributed by atoms with van der Waals surface area (Å²) in [4.78, 5) is 0. The highest BCUT2D eigenvalue weighted by Crippen LogP contribution is 2.23. The van der Waals surface area contributed by atoms with Crippen molar-refractivity contribution in [1.82, 2.24) is 0 Å². The zero-order valence-electron chi connectivity index (χ0n) is 11.1. The molecular formula is C14H22O4. The first-order valence-corrected chi connectivity index (χ1v) is 6.71. The first-order valence-electron chi connectivity index (χ1n) is 6.71. The van der Waals surface area contributed by atoms with Crippen LogP contribution in [-0.2, 0) is 18.9 Å². The van der Waals surface area contributed by atoms with Gasteiger partial charge in [-0.1, -0.05) is 19.9 Å². The molecule has 2 atom stereocenters. The molecule has 0 amide bonds. The molecule has 4 heteroatoms. The Morgan fingerprint density at radius 2 is 1.89 bits per heavy atom. The van der Waals surface area contributed by atoms with Gasteiger partial charge in [0, 0.05) is 0 Å². The Morgan fingerprint density at radius 3 is 2.56 bits per heavy atom. The van der Waals surface area contributed by atoms with E-state index in [2.05, 4.69) is 19.9 Å². The Labute approximate surface area is 109 Å². The van der Waals surface area contributed by atoms with Crippen LogP contribution in [0, 0.1) is 0 Å². The van der Waals surface area contributed by atoms with Gasteiger partial charge in [-0.3, -0.25) is 0 Å². The van der Waals surface area contributed by atoms with E-state index >= 15 is 0 Å². The predicted octanol–water partition coefficient (Wildman–Crippen LogP) is 2.40. The van der Waals surface area contributed by atoms with Crippen molar-refractivity contribution in [3.63, 3.8) is 0 Å². The van der Waals surface area contributed by atoms with Crippen molar-refractivity contribution in [3.8, 4) is 0 Å². The average molecular weight is 254 g/mol. The van der Waals surface area contributed by atoms with Crippen LogP contribution in [0.4, 0.5) is 0 Å². The largest absolute Gasteiger partial charge is 0.347 e. The van der Waals surface area contributed by atoms with Crippen molar-refractivity contribution in [2.75, 3.05) is 19.8 Å². The fourth-order valence-electron chi connectivity index (χ4n) is 2.07. The van der Waals surface area contributed by atoms with E-state index < -0.39 is 0 Å². The molecule has 0 radical (unpaired) electrons. The quantitative estimate of drug-likeness (QED) is 0.706. The number of allylic oxidation sites excluding steroid dienone is 1. The van der Waals surface area contributed by atoms with E-state index in [1.54, 1.807) is 0 Å². The summed E-state index contributed by atoms with van der Waals surface area (Å²) >= 11 is 0. The van der Waals surface area contributed by atoms with Crippen molar-refractivity contribution in [1.29, 1.82) is 0 Å². The van der Waals surface area contributed by atoms with E-state index in [0.717, 1.165) is 12.8 Å². The molecule has 2 heterocycles. The molecule has 2 aliphatic rings. The third-order valence-corrected chi connectivity index (χ3v) is 3.06. The van der Waals surface area contributed by atoms with Gasteiger partial charge in [0.25, 0.3) is 0 Å². The molecular weight excluding hydrogens is 232 g/mol. The minimum Gasteiger partial charge on any atom is -0.347 e. The summed E-state index contributed by atoms with van der Waals surface area (Å²) in [5, 5.41) is 0. The molecule has 102 valence electrons. The number of rotatable bonds is 5. The molecule has 2 fully saturated rings. The Morgan fingerprint density at radius 1 is 1.11 bits per heavy atom. The van der Waals surface area contributed by atoms with Gasteiger partial charge in [-0.2, -0.15) is 0 Å². The molecule has 18 heavy (non-hydrogen) atoms. The molecule has 0 aromatic rings. The van der Waals surface area contributed by atoms with Crippen LogP contribution in [0.25, 0.3) is 0 Å². The van der Waals surface area contributed by atoms with Crippen molar-refractivity contribution < 1.29 is 18.9 Å². The van der Waals surface area contributed by atoms with Crippen LogP contribution in [0.2, 0.25) is 0 Å². The highest BCUT2D eigenvalue weighted by molar-refractivity contribution is 5.11. The second kappa shape index (κ2) is 7.04. The standard InChI is InChI=1S/C14H22O4/c1-3-5-6-13-17-10-12(18-13)11(4-2)9-14-15-7-8-16-14/h5-6,9,12-14H,3-4,7-8,10H2,1-2H3/b6-5+,11-9+. The number of hydrogen-bond donors (Lipinski definition) is 0. The Bertz CT molecular complexity index is 305. The summed E-state index contributed by atoms with van der Waals surface area (Å²) < 4.78 is 22.3. The third-order valence-electron chi connectivity index (χ3n) is 3.06. The van der Waals surface area contributed by atoms with E-state index in [0.29, 0.717) is 19.8 Å². The maximum Gasteiger partial charge on any atom is 0.177 e. The summed E-state index contributed by atoms with van der Waals surface area (Å²) in [5.74, 6) is 0. The lowest BCUT2D eigenvalue weighted by molar-refractivity contribution is -0.0174. The third kappa shape index (κ3) is 3.65. The lowest BCUT2D eigenvalue weighted by Gasteiger charge is -2.14. The summed E-state index contributed by atoms with van der Waals surface area (Å²) in [6.07, 6.45) is 7.56. The maximum absolute atomic E-state index is 5.84. The summed E-state index contributed by atoms with van der Waals surface area (Å²) in [6.45, 7) is 6.14. The van der Waals surface area contributed by atoms with Gasteiger partial charge in [-0.25, -0.2) is 0 Å². The summed E-state index contributed by atoms with van der Waals surface area (Å²) in [6, 6.07) is 0. The minimum atomic E-state index is -0.214. The van der Waals surface area contributed by atoms with Crippen molar-refractivity contribution in [3.05, 3.63) is 23.8 Å². The van der Waals surface area contributed by atoms with Gasteiger partial charge >= 0.3 is 0 Å². The second-order valence-corrected chi connectivity index (χ2v) is 4.37. The SMILES string of the molecule is CC/C=C/C1OCC(/C(=C/C2OCCO2)CC)O1. The molecule has 0 spiro atoms. The van der Waals surface area contributed by atoms with Crippen LogP contribution >= 0.6 is 0 Å². The van der Waals surface area contributed by atoms with Gasteiger partial charge < -0.3 is 18.9 Å². The second-order valence-electron chi connectivity index (χ2n) is 4.37. The monoisotopic (exact) mass is 254 g/mol. The fourth-order valence-corrected chi connectivity index (χ4v) is 2.07. The normalized spacial score (nSPS) is 30.7. The molecule has 2 saturated heterocycles. The molecule has 2 unspecified atom stereocenters. The van der Waals surface area contributed by atoms with Crippen molar-refractivity contribution in [2.45, 2.75) is 45.4 Å². The maximum atomic E-state index is 5.84. The molecule has 4 nitrogen and oxygen atoms in total. The summed E-state index contributed by atoms with van der Waals surface area (Å²) in [7, 11) is 0. The van der Waals surface area contributed by atoms with Crippen LogP contribution in [0.15, 0.2) is 23.8 Å². The van der Waals surface area contributed by atoms with Crippen LogP contribution in [0.1, 0.15) is 26.7 Å². The van der Waals surface area contributed by atoms with Crippen LogP contribution in [0.3, 0.4) is 0 Å². The zero-order valence-corrected chi connectivity index (χ0v) is 11.1. The van der Waals surface area contributed by atoms with E-state index in [9.17, 15) is 0 Å². The van der Waals surface area contributed by atoms with Crippen LogP contribution < -0.4 is 0 Å². The van der Waals surface area contributed by atoms with E-state index in [1.165, 1.54) is 5.57 Å². The van der Waals surface area contributed by atoms with Crippen LogP contribution in [-0.4, -0.2) is 38.5 Å². The fraction of sp³-hybridized carbons (Fsp3) is 0.714. The Hall–Kier alpha value is -0.680. The van der Waals surface area contributed by atoms with Gasteiger partial charge in [0.2, 0.25) is 0 Å². The molecule has 0 saturated carbocycles. The lowest BCUT2D eigenvalue weighted by Crippen LogP contribution is -2.17. The number of hydrogen-bond acceptors (Lipinski definition) is 4. The van der Waals surface area contributed by atoms with Gasteiger partial charge in [0.15, 0.2) is 12.6 Å². The molecule has 0 aromatic carbocycles. The van der Waals surface area contributed by atoms with Gasteiger partial charge in [0.05, 0.1) is 19.8 Å². The van der Waals surface area contributed by atoms with Crippen molar-refractivity contribution in [2.24, 2.45) is 0 Å². The molecule has 0 aliphatic carbocycles. The Balaban J connectivity index is 1.91. The van der Waals surface area contributed by atoms with E-state index in [4.69, 9.17) is 18.9 Å². The number of ether oxygens (including phenoxy) is 4. The minimum absolute atomic E-state index is 0.0225. The molecule has 2 rings (SSSR count). The molecule has 2 aliphatic heterocycles. The van der Waals surface area contributed by atoms with Gasteiger partial charge in [-0.05, 0) is 30.6 Å². The topological polar surface area (TPSA) is 36.9 Å². The lowest BCUT2D eigenvalue weighted by atomic mass is 10.1.